The molecule has 0 aliphatic heterocycles. The van der Waals surface area contributed by atoms with Gasteiger partial charge >= 0.3 is 6.03 Å². The van der Waals surface area contributed by atoms with Crippen molar-refractivity contribution in [1.82, 2.24) is 30.0 Å². The molecule has 2 amide bonds. The summed E-state index contributed by atoms with van der Waals surface area (Å²) < 4.78 is 1.49. The van der Waals surface area contributed by atoms with Crippen LogP contribution in [0.5, 0.6) is 0 Å². The lowest BCUT2D eigenvalue weighted by molar-refractivity contribution is 0.249. The number of amides is 2. The van der Waals surface area contributed by atoms with Gasteiger partial charge in [-0.25, -0.2) is 14.8 Å². The van der Waals surface area contributed by atoms with Gasteiger partial charge in [0.15, 0.2) is 0 Å². The monoisotopic (exact) mass is 337 g/mol. The minimum absolute atomic E-state index is 0.227. The molecule has 0 bridgehead atoms. The van der Waals surface area contributed by atoms with E-state index in [9.17, 15) is 4.79 Å². The van der Waals surface area contributed by atoms with Gasteiger partial charge in [-0.2, -0.15) is 9.78 Å². The summed E-state index contributed by atoms with van der Waals surface area (Å²) in [5.74, 6) is 0.895. The minimum Gasteiger partial charge on any atom is -0.330 e. The number of hydrogen-bond acceptors (Lipinski definition) is 5. The molecule has 8 nitrogen and oxygen atoms in total. The second kappa shape index (κ2) is 7.08. The summed E-state index contributed by atoms with van der Waals surface area (Å²) in [6, 6.07) is 8.55. The average molecular weight is 337 g/mol. The van der Waals surface area contributed by atoms with Gasteiger partial charge in [0.05, 0.1) is 17.9 Å². The third-order valence-corrected chi connectivity index (χ3v) is 3.52. The molecule has 0 fully saturated rings. The van der Waals surface area contributed by atoms with Crippen molar-refractivity contribution in [2.45, 2.75) is 26.8 Å². The van der Waals surface area contributed by atoms with Crippen LogP contribution >= 0.6 is 0 Å². The summed E-state index contributed by atoms with van der Waals surface area (Å²) >= 11 is 0. The topological polar surface area (TPSA) is 97.6 Å². The number of aromatic nitrogens is 5. The van der Waals surface area contributed by atoms with Gasteiger partial charge in [-0.15, -0.1) is 0 Å². The lowest BCUT2D eigenvalue weighted by Gasteiger charge is -2.14. The van der Waals surface area contributed by atoms with Gasteiger partial charge in [0.25, 0.3) is 5.95 Å². The predicted molar refractivity (Wildman–Crippen MR) is 93.4 cm³/mol. The van der Waals surface area contributed by atoms with Crippen molar-refractivity contribution in [3.63, 3.8) is 0 Å². The molecule has 0 spiro atoms. The Balaban J connectivity index is 1.74. The Bertz CT molecular complexity index is 855. The van der Waals surface area contributed by atoms with Crippen LogP contribution in [-0.4, -0.2) is 30.8 Å². The standard InChI is InChI=1S/C17H19N7O/c1-11-10-12(2)21-16(20-11)24-15(7-9-19-24)23-17(25)22-13(3)14-6-4-5-8-18-14/h4-10,13H,1-3H3,(H2,22,23,25)/t13-/m1/s1. The van der Waals surface area contributed by atoms with E-state index < -0.39 is 0 Å². The van der Waals surface area contributed by atoms with E-state index in [-0.39, 0.29) is 12.1 Å². The molecule has 3 aromatic rings. The number of carbonyl (C=O) groups is 1. The van der Waals surface area contributed by atoms with Gasteiger partial charge in [-0.05, 0) is 39.0 Å². The van der Waals surface area contributed by atoms with Crippen LogP contribution in [-0.2, 0) is 0 Å². The highest BCUT2D eigenvalue weighted by molar-refractivity contribution is 5.88. The third-order valence-electron chi connectivity index (χ3n) is 3.52. The van der Waals surface area contributed by atoms with Crippen LogP contribution < -0.4 is 10.6 Å². The number of carbonyl (C=O) groups excluding carboxylic acids is 1. The summed E-state index contributed by atoms with van der Waals surface area (Å²) in [6.07, 6.45) is 3.27. The first-order chi connectivity index (χ1) is 12.0. The number of aryl methyl sites for hydroxylation is 2. The molecule has 0 aromatic carbocycles. The van der Waals surface area contributed by atoms with Crippen LogP contribution in [0.15, 0.2) is 42.7 Å². The highest BCUT2D eigenvalue weighted by atomic mass is 16.2. The molecule has 0 aliphatic rings. The Labute approximate surface area is 145 Å². The molecule has 0 unspecified atom stereocenters. The number of urea groups is 1. The zero-order valence-corrected chi connectivity index (χ0v) is 14.3. The van der Waals surface area contributed by atoms with Gasteiger partial charge in [0, 0.05) is 23.7 Å². The van der Waals surface area contributed by atoms with E-state index in [1.165, 1.54) is 4.68 Å². The van der Waals surface area contributed by atoms with Crippen molar-refractivity contribution >= 4 is 11.8 Å². The minimum atomic E-state index is -0.357. The largest absolute Gasteiger partial charge is 0.330 e. The zero-order chi connectivity index (χ0) is 17.8. The first-order valence-corrected chi connectivity index (χ1v) is 7.88. The summed E-state index contributed by atoms with van der Waals surface area (Å²) in [7, 11) is 0. The number of anilines is 1. The summed E-state index contributed by atoms with van der Waals surface area (Å²) in [5.41, 5.74) is 2.44. The molecule has 0 aliphatic carbocycles. The molecule has 128 valence electrons. The van der Waals surface area contributed by atoms with E-state index in [0.717, 1.165) is 17.1 Å². The number of rotatable bonds is 4. The Hall–Kier alpha value is -3.29. The lowest BCUT2D eigenvalue weighted by Crippen LogP contribution is -2.32. The number of hydrogen-bond donors (Lipinski definition) is 2. The molecule has 25 heavy (non-hydrogen) atoms. The second-order valence-corrected chi connectivity index (χ2v) is 5.65. The molecule has 1 atom stereocenters. The van der Waals surface area contributed by atoms with Gasteiger partial charge in [-0.3, -0.25) is 10.3 Å². The van der Waals surface area contributed by atoms with Crippen LogP contribution in [0.25, 0.3) is 5.95 Å². The Morgan fingerprint density at radius 2 is 1.88 bits per heavy atom. The molecule has 2 N–H and O–H groups in total. The molecule has 0 saturated carbocycles. The fraction of sp³-hybridized carbons (Fsp3) is 0.235. The first-order valence-electron chi connectivity index (χ1n) is 7.88. The van der Waals surface area contributed by atoms with Crippen molar-refractivity contribution in [2.75, 3.05) is 5.32 Å². The van der Waals surface area contributed by atoms with Crippen LogP contribution in [0.4, 0.5) is 10.6 Å². The average Bonchev–Trinajstić information content (AvgIpc) is 3.02. The lowest BCUT2D eigenvalue weighted by atomic mass is 10.2. The van der Waals surface area contributed by atoms with E-state index in [4.69, 9.17) is 0 Å². The van der Waals surface area contributed by atoms with Gasteiger partial charge in [0.1, 0.15) is 5.82 Å². The van der Waals surface area contributed by atoms with E-state index >= 15 is 0 Å². The molecular formula is C17H19N7O. The quantitative estimate of drug-likeness (QED) is 0.762. The Morgan fingerprint density at radius 3 is 2.56 bits per heavy atom. The van der Waals surface area contributed by atoms with E-state index in [2.05, 4.69) is 30.7 Å². The maximum Gasteiger partial charge on any atom is 0.320 e. The SMILES string of the molecule is Cc1cc(C)nc(-n2nccc2NC(=O)N[C@H](C)c2ccccn2)n1. The Kier molecular flexibility index (Phi) is 4.69. The van der Waals surface area contributed by atoms with Crippen molar-refractivity contribution < 1.29 is 4.79 Å². The first kappa shape index (κ1) is 16.6. The normalized spacial score (nSPS) is 11.8. The van der Waals surface area contributed by atoms with Crippen LogP contribution in [0, 0.1) is 13.8 Å². The zero-order valence-electron chi connectivity index (χ0n) is 14.3. The number of nitrogens with zero attached hydrogens (tertiary/aromatic N) is 5. The number of pyridine rings is 1. The van der Waals surface area contributed by atoms with E-state index in [1.807, 2.05) is 45.0 Å². The van der Waals surface area contributed by atoms with Gasteiger partial charge < -0.3 is 5.32 Å². The van der Waals surface area contributed by atoms with Crippen molar-refractivity contribution in [1.29, 1.82) is 0 Å². The highest BCUT2D eigenvalue weighted by Crippen LogP contribution is 2.13. The summed E-state index contributed by atoms with van der Waals surface area (Å²) in [6.45, 7) is 5.64. The third kappa shape index (κ3) is 3.97. The van der Waals surface area contributed by atoms with Gasteiger partial charge in [0.2, 0.25) is 0 Å². The van der Waals surface area contributed by atoms with Crippen molar-refractivity contribution in [2.24, 2.45) is 0 Å². The second-order valence-electron chi connectivity index (χ2n) is 5.65. The summed E-state index contributed by atoms with van der Waals surface area (Å²) in [4.78, 5) is 25.2. The number of nitrogens with one attached hydrogen (secondary N) is 2. The Morgan fingerprint density at radius 1 is 1.12 bits per heavy atom. The van der Waals surface area contributed by atoms with E-state index in [1.54, 1.807) is 18.5 Å². The maximum atomic E-state index is 12.3. The molecule has 3 heterocycles. The summed E-state index contributed by atoms with van der Waals surface area (Å²) in [5, 5.41) is 9.81. The smallest absolute Gasteiger partial charge is 0.320 e. The maximum absolute atomic E-state index is 12.3. The molecular weight excluding hydrogens is 318 g/mol. The molecule has 8 heteroatoms. The molecule has 0 radical (unpaired) electrons. The fourth-order valence-electron chi connectivity index (χ4n) is 2.41. The van der Waals surface area contributed by atoms with Crippen LogP contribution in [0.2, 0.25) is 0 Å². The van der Waals surface area contributed by atoms with Crippen LogP contribution in [0.3, 0.4) is 0 Å². The fourth-order valence-corrected chi connectivity index (χ4v) is 2.41. The van der Waals surface area contributed by atoms with Gasteiger partial charge in [-0.1, -0.05) is 6.07 Å². The van der Waals surface area contributed by atoms with Crippen molar-refractivity contribution in [3.8, 4) is 5.95 Å². The highest BCUT2D eigenvalue weighted by Gasteiger charge is 2.14. The van der Waals surface area contributed by atoms with E-state index in [0.29, 0.717) is 11.8 Å². The molecule has 3 aromatic heterocycles. The predicted octanol–water partition coefficient (Wildman–Crippen LogP) is 2.56. The van der Waals surface area contributed by atoms with Crippen molar-refractivity contribution in [3.05, 3.63) is 59.8 Å². The molecule has 3 rings (SSSR count). The molecule has 0 saturated heterocycles. The van der Waals surface area contributed by atoms with Crippen LogP contribution in [0.1, 0.15) is 30.0 Å².